The lowest BCUT2D eigenvalue weighted by Gasteiger charge is -2.14. The fourth-order valence-electron chi connectivity index (χ4n) is 7.64. The zero-order chi connectivity index (χ0) is 34.2. The Hall–Kier alpha value is -7.11. The van der Waals surface area contributed by atoms with E-state index in [9.17, 15) is 0 Å². The average Bonchev–Trinajstić information content (AvgIpc) is 3.79. The summed E-state index contributed by atoms with van der Waals surface area (Å²) in [5.41, 5.74) is 7.81. The first-order chi connectivity index (χ1) is 25.7. The van der Waals surface area contributed by atoms with E-state index in [2.05, 4.69) is 121 Å². The molecule has 0 saturated carbocycles. The van der Waals surface area contributed by atoms with Gasteiger partial charge in [-0.1, -0.05) is 127 Å². The van der Waals surface area contributed by atoms with E-state index in [0.717, 1.165) is 93.2 Å². The van der Waals surface area contributed by atoms with Crippen molar-refractivity contribution in [2.24, 2.45) is 0 Å². The van der Waals surface area contributed by atoms with Crippen molar-refractivity contribution in [2.75, 3.05) is 0 Å². The minimum absolute atomic E-state index is 0.557. The molecule has 0 radical (unpaired) electrons. The standard InChI is InChI=1S/C47H27N3O2/c1-3-12-30-26-32(22-20-28(30)10-1)45-48-46(33-23-21-29-11-2-4-13-31(29)27-33)50-47(49-45)43-35(24-25-41-42(43)38-15-6-8-19-40(38)51-41)37-17-9-16-36-34-14-5-7-18-39(34)52-44(36)37/h1-27H. The number of nitrogens with zero attached hydrogens (tertiary/aromatic N) is 3. The molecule has 11 aromatic rings. The van der Waals surface area contributed by atoms with Crippen LogP contribution < -0.4 is 0 Å². The molecule has 3 aromatic heterocycles. The molecule has 11 rings (SSSR count). The number of fused-ring (bicyclic) bond motifs is 8. The molecular weight excluding hydrogens is 639 g/mol. The van der Waals surface area contributed by atoms with Crippen molar-refractivity contribution in [1.82, 2.24) is 15.0 Å². The van der Waals surface area contributed by atoms with Crippen LogP contribution in [0.25, 0.3) is 111 Å². The number of furan rings is 2. The van der Waals surface area contributed by atoms with Crippen LogP contribution in [0.15, 0.2) is 173 Å². The number of hydrogen-bond acceptors (Lipinski definition) is 5. The molecule has 0 aliphatic heterocycles. The van der Waals surface area contributed by atoms with Gasteiger partial charge >= 0.3 is 0 Å². The largest absolute Gasteiger partial charge is 0.456 e. The topological polar surface area (TPSA) is 65.0 Å². The van der Waals surface area contributed by atoms with Gasteiger partial charge in [0.2, 0.25) is 0 Å². The van der Waals surface area contributed by atoms with Gasteiger partial charge in [0.05, 0.1) is 0 Å². The zero-order valence-electron chi connectivity index (χ0n) is 27.7. The molecule has 0 N–H and O–H groups in total. The summed E-state index contributed by atoms with van der Waals surface area (Å²) in [5.74, 6) is 1.75. The maximum atomic E-state index is 6.60. The Morgan fingerprint density at radius 2 is 0.904 bits per heavy atom. The molecular formula is C47H27N3O2. The van der Waals surface area contributed by atoms with Gasteiger partial charge in [-0.3, -0.25) is 0 Å². The van der Waals surface area contributed by atoms with Gasteiger partial charge in [-0.05, 0) is 63.5 Å². The molecule has 0 aliphatic carbocycles. The third-order valence-corrected chi connectivity index (χ3v) is 10.1. The highest BCUT2D eigenvalue weighted by Crippen LogP contribution is 2.45. The molecule has 8 aromatic carbocycles. The highest BCUT2D eigenvalue weighted by atomic mass is 16.3. The van der Waals surface area contributed by atoms with Gasteiger partial charge in [0.15, 0.2) is 17.5 Å². The van der Waals surface area contributed by atoms with E-state index >= 15 is 0 Å². The lowest BCUT2D eigenvalue weighted by molar-refractivity contribution is 0.668. The van der Waals surface area contributed by atoms with E-state index in [1.165, 1.54) is 0 Å². The Labute approximate surface area is 297 Å². The van der Waals surface area contributed by atoms with Gasteiger partial charge in [-0.2, -0.15) is 0 Å². The predicted octanol–water partition coefficient (Wildman–Crippen LogP) is 12.6. The van der Waals surface area contributed by atoms with E-state index in [4.69, 9.17) is 23.8 Å². The lowest BCUT2D eigenvalue weighted by atomic mass is 9.93. The molecule has 0 bridgehead atoms. The van der Waals surface area contributed by atoms with Crippen molar-refractivity contribution in [1.29, 1.82) is 0 Å². The highest BCUT2D eigenvalue weighted by Gasteiger charge is 2.24. The molecule has 0 aliphatic rings. The Morgan fingerprint density at radius 3 is 1.60 bits per heavy atom. The van der Waals surface area contributed by atoms with E-state index in [0.29, 0.717) is 17.5 Å². The van der Waals surface area contributed by atoms with E-state index in [1.54, 1.807) is 0 Å². The summed E-state index contributed by atoms with van der Waals surface area (Å²) in [6.45, 7) is 0. The lowest BCUT2D eigenvalue weighted by Crippen LogP contribution is -2.02. The summed E-state index contributed by atoms with van der Waals surface area (Å²) >= 11 is 0. The Morgan fingerprint density at radius 1 is 0.346 bits per heavy atom. The Balaban J connectivity index is 1.25. The summed E-state index contributed by atoms with van der Waals surface area (Å²) in [5, 5.41) is 8.63. The van der Waals surface area contributed by atoms with Gasteiger partial charge in [-0.15, -0.1) is 0 Å². The monoisotopic (exact) mass is 665 g/mol. The van der Waals surface area contributed by atoms with Crippen LogP contribution in [-0.4, -0.2) is 15.0 Å². The molecule has 0 fully saturated rings. The first-order valence-corrected chi connectivity index (χ1v) is 17.3. The van der Waals surface area contributed by atoms with Crippen LogP contribution in [0, 0.1) is 0 Å². The first kappa shape index (κ1) is 28.7. The second-order valence-corrected chi connectivity index (χ2v) is 13.2. The van der Waals surface area contributed by atoms with Crippen molar-refractivity contribution in [3.05, 3.63) is 164 Å². The van der Waals surface area contributed by atoms with Crippen LogP contribution in [-0.2, 0) is 0 Å². The van der Waals surface area contributed by atoms with Crippen LogP contribution in [0.2, 0.25) is 0 Å². The first-order valence-electron chi connectivity index (χ1n) is 17.3. The van der Waals surface area contributed by atoms with Crippen LogP contribution >= 0.6 is 0 Å². The van der Waals surface area contributed by atoms with Crippen molar-refractivity contribution in [3.8, 4) is 45.3 Å². The average molecular weight is 666 g/mol. The van der Waals surface area contributed by atoms with Crippen LogP contribution in [0.1, 0.15) is 0 Å². The molecule has 0 atom stereocenters. The minimum Gasteiger partial charge on any atom is -0.456 e. The van der Waals surface area contributed by atoms with E-state index in [-0.39, 0.29) is 0 Å². The minimum atomic E-state index is 0.557. The van der Waals surface area contributed by atoms with Gasteiger partial charge in [-0.25, -0.2) is 15.0 Å². The molecule has 0 amide bonds. The third-order valence-electron chi connectivity index (χ3n) is 10.1. The molecule has 5 heteroatoms. The van der Waals surface area contributed by atoms with Gasteiger partial charge in [0, 0.05) is 43.8 Å². The summed E-state index contributed by atoms with van der Waals surface area (Å²) in [6.07, 6.45) is 0. The predicted molar refractivity (Wildman–Crippen MR) is 211 cm³/mol. The SMILES string of the molecule is c1ccc2cc(-c3nc(-c4ccc5ccccc5c4)nc(-c4c(-c5cccc6c5oc5ccccc56)ccc5oc6ccccc6c45)n3)ccc2c1. The van der Waals surface area contributed by atoms with Gasteiger partial charge in [0.1, 0.15) is 22.3 Å². The fraction of sp³-hybridized carbons (Fsp3) is 0. The number of para-hydroxylation sites is 3. The van der Waals surface area contributed by atoms with Crippen LogP contribution in [0.3, 0.4) is 0 Å². The summed E-state index contributed by atoms with van der Waals surface area (Å²) in [4.78, 5) is 15.8. The smallest absolute Gasteiger partial charge is 0.165 e. The molecule has 5 nitrogen and oxygen atoms in total. The fourth-order valence-corrected chi connectivity index (χ4v) is 7.64. The number of benzene rings is 8. The number of rotatable bonds is 4. The van der Waals surface area contributed by atoms with Crippen LogP contribution in [0.4, 0.5) is 0 Å². The normalized spacial score (nSPS) is 11.8. The summed E-state index contributed by atoms with van der Waals surface area (Å²) < 4.78 is 13.1. The van der Waals surface area contributed by atoms with Crippen molar-refractivity contribution in [2.45, 2.75) is 0 Å². The third kappa shape index (κ3) is 4.46. The summed E-state index contributed by atoms with van der Waals surface area (Å²) in [7, 11) is 0. The molecule has 3 heterocycles. The number of aromatic nitrogens is 3. The molecule has 52 heavy (non-hydrogen) atoms. The molecule has 242 valence electrons. The summed E-state index contributed by atoms with van der Waals surface area (Å²) in [6, 6.07) is 56.3. The Kier molecular flexibility index (Phi) is 6.18. The molecule has 0 saturated heterocycles. The van der Waals surface area contributed by atoms with Crippen molar-refractivity contribution >= 4 is 65.4 Å². The zero-order valence-corrected chi connectivity index (χ0v) is 27.7. The van der Waals surface area contributed by atoms with Crippen molar-refractivity contribution in [3.63, 3.8) is 0 Å². The quantitative estimate of drug-likeness (QED) is 0.187. The van der Waals surface area contributed by atoms with E-state index in [1.807, 2.05) is 42.5 Å². The maximum Gasteiger partial charge on any atom is 0.165 e. The second-order valence-electron chi connectivity index (χ2n) is 13.2. The number of hydrogen-bond donors (Lipinski definition) is 0. The van der Waals surface area contributed by atoms with E-state index < -0.39 is 0 Å². The Bertz CT molecular complexity index is 3110. The molecule has 0 spiro atoms. The molecule has 0 unspecified atom stereocenters. The van der Waals surface area contributed by atoms with Crippen molar-refractivity contribution < 1.29 is 8.83 Å². The maximum absolute atomic E-state index is 6.60. The highest BCUT2D eigenvalue weighted by molar-refractivity contribution is 6.18. The van der Waals surface area contributed by atoms with Crippen LogP contribution in [0.5, 0.6) is 0 Å². The second kappa shape index (κ2) is 11.2. The van der Waals surface area contributed by atoms with Gasteiger partial charge < -0.3 is 8.83 Å². The van der Waals surface area contributed by atoms with Gasteiger partial charge in [0.25, 0.3) is 0 Å².